The summed E-state index contributed by atoms with van der Waals surface area (Å²) in [4.78, 5) is 66.2. The first-order valence-corrected chi connectivity index (χ1v) is 13.6. The highest BCUT2D eigenvalue weighted by Crippen LogP contribution is 2.21. The molecule has 0 spiro atoms. The molecule has 0 radical (unpaired) electrons. The van der Waals surface area contributed by atoms with Gasteiger partial charge < -0.3 is 28.7 Å². The van der Waals surface area contributed by atoms with Crippen molar-refractivity contribution in [2.24, 2.45) is 5.92 Å². The van der Waals surface area contributed by atoms with Gasteiger partial charge >= 0.3 is 18.0 Å². The third kappa shape index (κ3) is 8.94. The summed E-state index contributed by atoms with van der Waals surface area (Å²) in [7, 11) is 0. The van der Waals surface area contributed by atoms with Crippen LogP contribution in [0.1, 0.15) is 50.9 Å². The lowest BCUT2D eigenvalue weighted by Gasteiger charge is -2.42. The van der Waals surface area contributed by atoms with Gasteiger partial charge in [0.25, 0.3) is 6.29 Å². The smallest absolute Gasteiger partial charge is 0.412 e. The molecule has 0 bridgehead atoms. The topological polar surface area (TPSA) is 132 Å². The highest BCUT2D eigenvalue weighted by Gasteiger charge is 2.34. The number of amides is 2. The van der Waals surface area contributed by atoms with E-state index in [9.17, 15) is 24.0 Å². The molecule has 3 rings (SSSR count). The first-order chi connectivity index (χ1) is 19.1. The number of ether oxygens (including phenoxy) is 4. The second-order valence-electron chi connectivity index (χ2n) is 10.2. The van der Waals surface area contributed by atoms with Gasteiger partial charge in [0.2, 0.25) is 5.91 Å². The molecule has 2 aliphatic rings. The minimum absolute atomic E-state index is 0.0145. The molecule has 0 saturated carbocycles. The van der Waals surface area contributed by atoms with Crippen LogP contribution in [0.25, 0.3) is 0 Å². The molecule has 1 atom stereocenters. The Morgan fingerprint density at radius 3 is 2.23 bits per heavy atom. The zero-order valence-corrected chi connectivity index (χ0v) is 23.6. The van der Waals surface area contributed by atoms with Crippen LogP contribution >= 0.6 is 0 Å². The molecule has 2 fully saturated rings. The molecule has 2 heterocycles. The maximum absolute atomic E-state index is 12.9. The van der Waals surface area contributed by atoms with E-state index in [0.29, 0.717) is 50.3 Å². The van der Waals surface area contributed by atoms with Crippen molar-refractivity contribution in [3.8, 4) is 5.75 Å². The Labute approximate surface area is 234 Å². The predicted octanol–water partition coefficient (Wildman–Crippen LogP) is 2.10. The lowest BCUT2D eigenvalue weighted by Crippen LogP contribution is -2.56. The van der Waals surface area contributed by atoms with E-state index in [1.165, 1.54) is 6.92 Å². The molecule has 12 heteroatoms. The number of carbonyl (C=O) groups is 5. The third-order valence-corrected chi connectivity index (χ3v) is 6.80. The van der Waals surface area contributed by atoms with Crippen molar-refractivity contribution in [1.82, 2.24) is 14.7 Å². The highest BCUT2D eigenvalue weighted by molar-refractivity contribution is 5.99. The summed E-state index contributed by atoms with van der Waals surface area (Å²) in [5.74, 6) is -1.00. The van der Waals surface area contributed by atoms with Gasteiger partial charge in [0.05, 0.1) is 19.7 Å². The maximum Gasteiger partial charge on any atom is 0.412 e. The fraction of sp³-hybridized carbons (Fsp3) is 0.607. The SMILES string of the molecule is CCOC(=O)COc1ccc(C(=O)CN2CCN(C3CCN(C(=O)OC(OC(C)=O)C(C)C)CC3)CC2=O)cc1. The Morgan fingerprint density at radius 1 is 0.975 bits per heavy atom. The van der Waals surface area contributed by atoms with Crippen molar-refractivity contribution < 1.29 is 42.9 Å². The number of likely N-dealkylation sites (tertiary alicyclic amines) is 1. The predicted molar refractivity (Wildman–Crippen MR) is 143 cm³/mol. The fourth-order valence-corrected chi connectivity index (χ4v) is 4.60. The molecule has 2 aliphatic heterocycles. The first kappa shape index (κ1) is 30.9. The van der Waals surface area contributed by atoms with Gasteiger partial charge in [0.15, 0.2) is 12.4 Å². The largest absolute Gasteiger partial charge is 0.482 e. The minimum atomic E-state index is -0.932. The van der Waals surface area contributed by atoms with Crippen LogP contribution in [0.2, 0.25) is 0 Å². The molecule has 1 aromatic carbocycles. The minimum Gasteiger partial charge on any atom is -0.482 e. The number of hydrogen-bond donors (Lipinski definition) is 0. The standard InChI is InChI=1S/C28H39N3O9/c1-5-37-26(35)18-38-23-8-6-21(7-9-23)24(33)16-31-15-14-30(17-25(31)34)22-10-12-29(13-11-22)28(36)40-27(19(2)3)39-20(4)32/h6-9,19,22,27H,5,10-18H2,1-4H3. The number of nitrogens with zero attached hydrogens (tertiary/aromatic N) is 3. The van der Waals surface area contributed by atoms with E-state index in [0.717, 1.165) is 0 Å². The van der Waals surface area contributed by atoms with Crippen LogP contribution in [0, 0.1) is 5.92 Å². The van der Waals surface area contributed by atoms with Crippen LogP contribution in [0.5, 0.6) is 5.75 Å². The molecule has 0 aliphatic carbocycles. The van der Waals surface area contributed by atoms with Crippen molar-refractivity contribution >= 4 is 29.7 Å². The lowest BCUT2D eigenvalue weighted by atomic mass is 10.0. The quantitative estimate of drug-likeness (QED) is 0.225. The normalized spacial score (nSPS) is 17.4. The molecule has 12 nitrogen and oxygen atoms in total. The van der Waals surface area contributed by atoms with Crippen molar-refractivity contribution in [2.45, 2.75) is 52.9 Å². The summed E-state index contributed by atoms with van der Waals surface area (Å²) < 4.78 is 20.7. The zero-order chi connectivity index (χ0) is 29.2. The van der Waals surface area contributed by atoms with E-state index in [1.54, 1.807) is 54.8 Å². The number of piperazine rings is 1. The van der Waals surface area contributed by atoms with E-state index in [-0.39, 0.29) is 50.0 Å². The molecular formula is C28H39N3O9. The van der Waals surface area contributed by atoms with E-state index < -0.39 is 24.3 Å². The van der Waals surface area contributed by atoms with Crippen LogP contribution < -0.4 is 4.74 Å². The van der Waals surface area contributed by atoms with Crippen molar-refractivity contribution in [2.75, 3.05) is 52.5 Å². The molecule has 1 unspecified atom stereocenters. The van der Waals surface area contributed by atoms with Gasteiger partial charge in [0.1, 0.15) is 5.75 Å². The van der Waals surface area contributed by atoms with Gasteiger partial charge in [-0.2, -0.15) is 0 Å². The second kappa shape index (κ2) is 14.6. The molecule has 40 heavy (non-hydrogen) atoms. The summed E-state index contributed by atoms with van der Waals surface area (Å²) in [6.07, 6.45) is -0.0763. The summed E-state index contributed by atoms with van der Waals surface area (Å²) >= 11 is 0. The van der Waals surface area contributed by atoms with Gasteiger partial charge in [-0.1, -0.05) is 13.8 Å². The molecular weight excluding hydrogens is 522 g/mol. The number of esters is 2. The summed E-state index contributed by atoms with van der Waals surface area (Å²) in [5, 5.41) is 0. The first-order valence-electron chi connectivity index (χ1n) is 13.6. The number of Topliss-reactive ketones (excluding diaryl/α,β-unsaturated/α-hetero) is 1. The van der Waals surface area contributed by atoms with Crippen molar-refractivity contribution in [1.29, 1.82) is 0 Å². The van der Waals surface area contributed by atoms with Gasteiger partial charge in [-0.25, -0.2) is 9.59 Å². The van der Waals surface area contributed by atoms with E-state index in [1.807, 2.05) is 0 Å². The van der Waals surface area contributed by atoms with Crippen LogP contribution in [-0.4, -0.2) is 109 Å². The van der Waals surface area contributed by atoms with Gasteiger partial charge in [-0.3, -0.25) is 19.3 Å². The van der Waals surface area contributed by atoms with Gasteiger partial charge in [0, 0.05) is 50.6 Å². The monoisotopic (exact) mass is 561 g/mol. The van der Waals surface area contributed by atoms with Crippen molar-refractivity contribution in [3.63, 3.8) is 0 Å². The van der Waals surface area contributed by atoms with Crippen LogP contribution in [0.4, 0.5) is 4.79 Å². The Balaban J connectivity index is 1.42. The number of rotatable bonds is 11. The number of benzene rings is 1. The fourth-order valence-electron chi connectivity index (χ4n) is 4.60. The molecule has 1 aromatic rings. The van der Waals surface area contributed by atoms with E-state index in [4.69, 9.17) is 18.9 Å². The average Bonchev–Trinajstić information content (AvgIpc) is 2.92. The van der Waals surface area contributed by atoms with Crippen molar-refractivity contribution in [3.05, 3.63) is 29.8 Å². The van der Waals surface area contributed by atoms with E-state index >= 15 is 0 Å². The molecule has 0 aromatic heterocycles. The number of hydrogen-bond acceptors (Lipinski definition) is 10. The van der Waals surface area contributed by atoms with E-state index in [2.05, 4.69) is 4.90 Å². The lowest BCUT2D eigenvalue weighted by molar-refractivity contribution is -0.174. The van der Waals surface area contributed by atoms with Crippen LogP contribution in [-0.2, 0) is 28.6 Å². The zero-order valence-electron chi connectivity index (χ0n) is 23.6. The average molecular weight is 562 g/mol. The molecule has 0 N–H and O–H groups in total. The maximum atomic E-state index is 12.9. The number of ketones is 1. The highest BCUT2D eigenvalue weighted by atomic mass is 16.7. The molecule has 2 amide bonds. The Morgan fingerprint density at radius 2 is 1.65 bits per heavy atom. The Kier molecular flexibility index (Phi) is 11.3. The third-order valence-electron chi connectivity index (χ3n) is 6.80. The Hall–Kier alpha value is -3.67. The van der Waals surface area contributed by atoms with Gasteiger partial charge in [-0.15, -0.1) is 0 Å². The molecule has 220 valence electrons. The number of carbonyl (C=O) groups excluding carboxylic acids is 5. The number of piperidine rings is 1. The van der Waals surface area contributed by atoms with Gasteiger partial charge in [-0.05, 0) is 44.0 Å². The Bertz CT molecular complexity index is 1050. The molecule has 2 saturated heterocycles. The summed E-state index contributed by atoms with van der Waals surface area (Å²) in [5.41, 5.74) is 0.450. The van der Waals surface area contributed by atoms with Crippen LogP contribution in [0.15, 0.2) is 24.3 Å². The van der Waals surface area contributed by atoms with Crippen LogP contribution in [0.3, 0.4) is 0 Å². The summed E-state index contributed by atoms with van der Waals surface area (Å²) in [6, 6.07) is 6.57. The summed E-state index contributed by atoms with van der Waals surface area (Å²) in [6.45, 7) is 8.88. The second-order valence-corrected chi connectivity index (χ2v) is 10.2.